The molecular weight excluding hydrogens is 226 g/mol. The fraction of sp³-hybridized carbons (Fsp3) is 0.200. The van der Waals surface area contributed by atoms with Gasteiger partial charge in [-0.25, -0.2) is 4.79 Å². The average Bonchev–Trinajstić information content (AvgIpc) is 2.35. The summed E-state index contributed by atoms with van der Waals surface area (Å²) in [5.41, 5.74) is 4.58. The van der Waals surface area contributed by atoms with E-state index in [2.05, 4.69) is 4.74 Å². The molecule has 0 saturated heterocycles. The Balaban J connectivity index is 3.65. The third-order valence-electron chi connectivity index (χ3n) is 2.17. The monoisotopic (exact) mass is 235 g/mol. The van der Waals surface area contributed by atoms with Gasteiger partial charge < -0.3 is 10.5 Å². The number of nitro groups is 1. The Bertz CT molecular complexity index is 519. The summed E-state index contributed by atoms with van der Waals surface area (Å²) in [4.78, 5) is 21.7. The maximum atomic E-state index is 11.5. The van der Waals surface area contributed by atoms with E-state index in [1.165, 1.54) is 12.1 Å². The highest BCUT2D eigenvalue weighted by molar-refractivity contribution is 5.97. The van der Waals surface area contributed by atoms with Crippen LogP contribution in [-0.4, -0.2) is 18.0 Å². The topological polar surface area (TPSA) is 119 Å². The normalized spacial score (nSPS) is 9.47. The highest BCUT2D eigenvalue weighted by Crippen LogP contribution is 2.27. The van der Waals surface area contributed by atoms with Crippen molar-refractivity contribution in [1.82, 2.24) is 0 Å². The van der Waals surface area contributed by atoms with Gasteiger partial charge in [0.05, 0.1) is 17.6 Å². The Morgan fingerprint density at radius 3 is 2.71 bits per heavy atom. The van der Waals surface area contributed by atoms with Crippen molar-refractivity contribution < 1.29 is 14.5 Å². The smallest absolute Gasteiger partial charge is 0.346 e. The molecule has 0 fully saturated rings. The predicted octanol–water partition coefficient (Wildman–Crippen LogP) is 0.712. The molecule has 17 heavy (non-hydrogen) atoms. The molecule has 0 aromatic heterocycles. The first kappa shape index (κ1) is 12.6. The molecule has 0 heterocycles. The molecule has 7 heteroatoms. The van der Waals surface area contributed by atoms with Gasteiger partial charge >= 0.3 is 5.97 Å². The van der Waals surface area contributed by atoms with Crippen LogP contribution in [0.4, 0.5) is 5.69 Å². The predicted molar refractivity (Wildman–Crippen MR) is 57.0 cm³/mol. The number of nitro benzene ring substituents is 1. The second-order valence-electron chi connectivity index (χ2n) is 3.06. The van der Waals surface area contributed by atoms with Crippen molar-refractivity contribution in [1.29, 1.82) is 5.26 Å². The van der Waals surface area contributed by atoms with Crippen LogP contribution >= 0.6 is 0 Å². The molecule has 1 rings (SSSR count). The highest BCUT2D eigenvalue weighted by Gasteiger charge is 2.28. The van der Waals surface area contributed by atoms with Gasteiger partial charge in [0.2, 0.25) is 0 Å². The average molecular weight is 235 g/mol. The SMILES string of the molecule is COC(=O)c1c(C#N)ccc(CN)c1[N+](=O)[O-]. The van der Waals surface area contributed by atoms with E-state index in [4.69, 9.17) is 11.0 Å². The summed E-state index contributed by atoms with van der Waals surface area (Å²) in [5.74, 6) is -0.927. The maximum absolute atomic E-state index is 11.5. The van der Waals surface area contributed by atoms with E-state index < -0.39 is 16.6 Å². The number of ether oxygens (including phenoxy) is 1. The molecule has 0 radical (unpaired) electrons. The number of nitrogens with two attached hydrogens (primary N) is 1. The summed E-state index contributed by atoms with van der Waals surface area (Å²) in [6.07, 6.45) is 0. The molecule has 0 unspecified atom stereocenters. The van der Waals surface area contributed by atoms with E-state index in [0.717, 1.165) is 7.11 Å². The minimum Gasteiger partial charge on any atom is -0.465 e. The fourth-order valence-electron chi connectivity index (χ4n) is 1.41. The molecular formula is C10H9N3O4. The number of benzene rings is 1. The Morgan fingerprint density at radius 1 is 1.65 bits per heavy atom. The zero-order valence-electron chi connectivity index (χ0n) is 8.97. The molecule has 0 spiro atoms. The summed E-state index contributed by atoms with van der Waals surface area (Å²) in [6, 6.07) is 4.37. The fourth-order valence-corrected chi connectivity index (χ4v) is 1.41. The van der Waals surface area contributed by atoms with Crippen LogP contribution in [0.3, 0.4) is 0 Å². The number of nitrogens with zero attached hydrogens (tertiary/aromatic N) is 2. The van der Waals surface area contributed by atoms with E-state index in [1.807, 2.05) is 0 Å². The molecule has 0 aliphatic carbocycles. The van der Waals surface area contributed by atoms with Crippen molar-refractivity contribution in [2.45, 2.75) is 6.54 Å². The maximum Gasteiger partial charge on any atom is 0.346 e. The Kier molecular flexibility index (Phi) is 3.74. The van der Waals surface area contributed by atoms with E-state index in [1.54, 1.807) is 6.07 Å². The summed E-state index contributed by atoms with van der Waals surface area (Å²) in [6.45, 7) is -0.105. The first-order chi connectivity index (χ1) is 8.06. The van der Waals surface area contributed by atoms with Gasteiger partial charge in [-0.2, -0.15) is 5.26 Å². The number of carbonyl (C=O) groups is 1. The van der Waals surface area contributed by atoms with Gasteiger partial charge in [0.1, 0.15) is 6.07 Å². The van der Waals surface area contributed by atoms with E-state index in [9.17, 15) is 14.9 Å². The zero-order chi connectivity index (χ0) is 13.0. The number of nitriles is 1. The van der Waals surface area contributed by atoms with Crippen molar-refractivity contribution >= 4 is 11.7 Å². The lowest BCUT2D eigenvalue weighted by atomic mass is 10.0. The van der Waals surface area contributed by atoms with Crippen LogP contribution in [0.1, 0.15) is 21.5 Å². The number of carbonyl (C=O) groups excluding carboxylic acids is 1. The summed E-state index contributed by atoms with van der Waals surface area (Å²) < 4.78 is 4.43. The van der Waals surface area contributed by atoms with Crippen molar-refractivity contribution in [2.24, 2.45) is 5.73 Å². The second kappa shape index (κ2) is 5.05. The summed E-state index contributed by atoms with van der Waals surface area (Å²) >= 11 is 0. The van der Waals surface area contributed by atoms with Gasteiger partial charge in [0.25, 0.3) is 5.69 Å². The van der Waals surface area contributed by atoms with Crippen molar-refractivity contribution in [3.8, 4) is 6.07 Å². The lowest BCUT2D eigenvalue weighted by Gasteiger charge is -2.06. The largest absolute Gasteiger partial charge is 0.465 e. The molecule has 1 aromatic carbocycles. The zero-order valence-corrected chi connectivity index (χ0v) is 8.97. The molecule has 0 aliphatic heterocycles. The molecule has 1 aromatic rings. The summed E-state index contributed by atoms with van der Waals surface area (Å²) in [7, 11) is 1.09. The first-order valence-electron chi connectivity index (χ1n) is 4.55. The van der Waals surface area contributed by atoms with Crippen LogP contribution in [0.5, 0.6) is 0 Å². The Labute approximate surface area is 96.6 Å². The van der Waals surface area contributed by atoms with Crippen molar-refractivity contribution in [3.63, 3.8) is 0 Å². The minimum absolute atomic E-state index is 0.105. The van der Waals surface area contributed by atoms with Crippen molar-refractivity contribution in [2.75, 3.05) is 7.11 Å². The number of hydrogen-bond donors (Lipinski definition) is 1. The lowest BCUT2D eigenvalue weighted by molar-refractivity contribution is -0.385. The Morgan fingerprint density at radius 2 is 2.29 bits per heavy atom. The Hall–Kier alpha value is -2.46. The standard InChI is InChI=1S/C10H9N3O4/c1-17-10(14)8-6(4-11)2-3-7(5-12)9(8)13(15)16/h2-3H,5,12H2,1H3. The van der Waals surface area contributed by atoms with Gasteiger partial charge in [-0.15, -0.1) is 0 Å². The number of hydrogen-bond acceptors (Lipinski definition) is 6. The van der Waals surface area contributed by atoms with Crippen LogP contribution in [0, 0.1) is 21.4 Å². The molecule has 0 bridgehead atoms. The van der Waals surface area contributed by atoms with E-state index >= 15 is 0 Å². The lowest BCUT2D eigenvalue weighted by Crippen LogP contribution is -2.12. The molecule has 0 amide bonds. The van der Waals surface area contributed by atoms with Gasteiger partial charge in [0.15, 0.2) is 5.56 Å². The van der Waals surface area contributed by atoms with Crippen LogP contribution in [0.25, 0.3) is 0 Å². The third-order valence-corrected chi connectivity index (χ3v) is 2.17. The molecule has 0 atom stereocenters. The minimum atomic E-state index is -0.927. The van der Waals surface area contributed by atoms with Gasteiger partial charge in [-0.1, -0.05) is 0 Å². The van der Waals surface area contributed by atoms with Crippen LogP contribution in [-0.2, 0) is 11.3 Å². The molecule has 7 nitrogen and oxygen atoms in total. The van der Waals surface area contributed by atoms with Crippen molar-refractivity contribution in [3.05, 3.63) is 38.9 Å². The van der Waals surface area contributed by atoms with E-state index in [0.29, 0.717) is 0 Å². The third kappa shape index (κ3) is 2.21. The first-order valence-corrected chi connectivity index (χ1v) is 4.55. The van der Waals surface area contributed by atoms with Crippen LogP contribution in [0.2, 0.25) is 0 Å². The van der Waals surface area contributed by atoms with E-state index in [-0.39, 0.29) is 23.2 Å². The number of esters is 1. The molecule has 88 valence electrons. The molecule has 0 aliphatic rings. The summed E-state index contributed by atoms with van der Waals surface area (Å²) in [5, 5.41) is 19.7. The van der Waals surface area contributed by atoms with Crippen LogP contribution in [0.15, 0.2) is 12.1 Å². The van der Waals surface area contributed by atoms with Crippen LogP contribution < -0.4 is 5.73 Å². The molecule has 2 N–H and O–H groups in total. The van der Waals surface area contributed by atoms with Gasteiger partial charge in [-0.3, -0.25) is 10.1 Å². The second-order valence-corrected chi connectivity index (χ2v) is 3.06. The molecule has 0 saturated carbocycles. The number of rotatable bonds is 3. The van der Waals surface area contributed by atoms with Gasteiger partial charge in [0, 0.05) is 12.1 Å². The quantitative estimate of drug-likeness (QED) is 0.468. The van der Waals surface area contributed by atoms with Gasteiger partial charge in [-0.05, 0) is 12.1 Å². The number of methoxy groups -OCH3 is 1. The highest BCUT2D eigenvalue weighted by atomic mass is 16.6.